The Morgan fingerprint density at radius 3 is 2.54 bits per heavy atom. The maximum Gasteiger partial charge on any atom is 0.296 e. The molecule has 0 aromatic heterocycles. The zero-order chi connectivity index (χ0) is 10.1. The van der Waals surface area contributed by atoms with Gasteiger partial charge in [-0.3, -0.25) is 4.18 Å². The maximum absolute atomic E-state index is 11.1. The molecule has 0 saturated carbocycles. The number of hydrogen-bond acceptors (Lipinski definition) is 5. The maximum atomic E-state index is 11.1. The average molecular weight is 203 g/mol. The molecule has 0 aliphatic rings. The van der Waals surface area contributed by atoms with Crippen molar-refractivity contribution in [2.75, 3.05) is 12.8 Å². The molecule has 0 bridgehead atoms. The fraction of sp³-hybridized carbons (Fsp3) is 0.143. The lowest BCUT2D eigenvalue weighted by Gasteiger charge is -2.03. The number of rotatable bonds is 2. The Kier molecular flexibility index (Phi) is 2.44. The molecule has 1 aromatic carbocycles. The van der Waals surface area contributed by atoms with Gasteiger partial charge in [0.05, 0.1) is 17.7 Å². The Labute approximate surface area is 75.9 Å². The number of nitrogen functional groups attached to an aromatic ring is 1. The molecule has 0 unspecified atom stereocenters. The van der Waals surface area contributed by atoms with Crippen LogP contribution in [0.25, 0.3) is 0 Å². The third-order valence-electron chi connectivity index (χ3n) is 1.51. The molecule has 0 heterocycles. The minimum Gasteiger partial charge on any atom is -0.506 e. The third kappa shape index (κ3) is 1.90. The molecule has 0 aliphatic carbocycles. The molecule has 0 radical (unpaired) electrons. The van der Waals surface area contributed by atoms with Crippen molar-refractivity contribution in [3.8, 4) is 5.75 Å². The summed E-state index contributed by atoms with van der Waals surface area (Å²) in [7, 11) is -2.67. The van der Waals surface area contributed by atoms with E-state index in [-0.39, 0.29) is 16.3 Å². The van der Waals surface area contributed by atoms with Crippen LogP contribution >= 0.6 is 0 Å². The summed E-state index contributed by atoms with van der Waals surface area (Å²) in [6.45, 7) is 0. The van der Waals surface area contributed by atoms with E-state index in [1.54, 1.807) is 0 Å². The normalized spacial score (nSPS) is 11.5. The van der Waals surface area contributed by atoms with Crippen molar-refractivity contribution < 1.29 is 17.7 Å². The van der Waals surface area contributed by atoms with Crippen LogP contribution in [0.15, 0.2) is 23.1 Å². The van der Waals surface area contributed by atoms with Crippen molar-refractivity contribution in [1.29, 1.82) is 0 Å². The molecule has 3 N–H and O–H groups in total. The zero-order valence-electron chi connectivity index (χ0n) is 6.89. The standard InChI is InChI=1S/C7H9NO4S/c1-12-13(10,11)5-2-3-7(9)6(8)4-5/h2-4,9H,8H2,1H3. The van der Waals surface area contributed by atoms with Gasteiger partial charge in [0.25, 0.3) is 10.1 Å². The second-order valence-electron chi connectivity index (χ2n) is 2.34. The Morgan fingerprint density at radius 1 is 1.46 bits per heavy atom. The Hall–Kier alpha value is -1.27. The smallest absolute Gasteiger partial charge is 0.296 e. The topological polar surface area (TPSA) is 89.6 Å². The van der Waals surface area contributed by atoms with Crippen LogP contribution in [0.5, 0.6) is 5.75 Å². The van der Waals surface area contributed by atoms with E-state index < -0.39 is 10.1 Å². The molecular weight excluding hydrogens is 194 g/mol. The van der Waals surface area contributed by atoms with Crippen LogP contribution in [0.4, 0.5) is 5.69 Å². The second-order valence-corrected chi connectivity index (χ2v) is 4.05. The summed E-state index contributed by atoms with van der Waals surface area (Å²) in [4.78, 5) is -0.0784. The lowest BCUT2D eigenvalue weighted by Crippen LogP contribution is -2.03. The molecule has 5 nitrogen and oxygen atoms in total. The summed E-state index contributed by atoms with van der Waals surface area (Å²) in [5, 5.41) is 9.02. The molecule has 6 heteroatoms. The van der Waals surface area contributed by atoms with Gasteiger partial charge in [0.15, 0.2) is 0 Å². The molecule has 1 rings (SSSR count). The molecule has 13 heavy (non-hydrogen) atoms. The highest BCUT2D eigenvalue weighted by molar-refractivity contribution is 7.86. The quantitative estimate of drug-likeness (QED) is 0.410. The van der Waals surface area contributed by atoms with Crippen LogP contribution in [0.1, 0.15) is 0 Å². The monoisotopic (exact) mass is 203 g/mol. The summed E-state index contributed by atoms with van der Waals surface area (Å²) < 4.78 is 26.5. The van der Waals surface area contributed by atoms with Gasteiger partial charge in [-0.1, -0.05) is 0 Å². The predicted octanol–water partition coefficient (Wildman–Crippen LogP) is 0.310. The summed E-state index contributed by atoms with van der Waals surface area (Å²) in [6.07, 6.45) is 0. The molecular formula is C7H9NO4S. The van der Waals surface area contributed by atoms with E-state index in [1.165, 1.54) is 12.1 Å². The van der Waals surface area contributed by atoms with Gasteiger partial charge in [0, 0.05) is 0 Å². The molecule has 72 valence electrons. The summed E-state index contributed by atoms with van der Waals surface area (Å²) in [5.41, 5.74) is 5.30. The van der Waals surface area contributed by atoms with Crippen molar-refractivity contribution in [2.45, 2.75) is 4.90 Å². The van der Waals surface area contributed by atoms with E-state index in [1.807, 2.05) is 0 Å². The van der Waals surface area contributed by atoms with E-state index in [2.05, 4.69) is 4.18 Å². The second kappa shape index (κ2) is 3.23. The molecule has 0 atom stereocenters. The van der Waals surface area contributed by atoms with Gasteiger partial charge in [0.2, 0.25) is 0 Å². The van der Waals surface area contributed by atoms with Gasteiger partial charge in [-0.05, 0) is 18.2 Å². The zero-order valence-corrected chi connectivity index (χ0v) is 7.71. The minimum atomic E-state index is -3.73. The fourth-order valence-electron chi connectivity index (χ4n) is 0.784. The first kappa shape index (κ1) is 9.82. The number of anilines is 1. The number of nitrogens with two attached hydrogens (primary N) is 1. The Morgan fingerprint density at radius 2 is 2.08 bits per heavy atom. The van der Waals surface area contributed by atoms with Crippen molar-refractivity contribution in [2.24, 2.45) is 0 Å². The van der Waals surface area contributed by atoms with Crippen molar-refractivity contribution in [3.05, 3.63) is 18.2 Å². The molecule has 0 amide bonds. The van der Waals surface area contributed by atoms with Crippen LogP contribution in [0, 0.1) is 0 Å². The third-order valence-corrected chi connectivity index (χ3v) is 2.78. The van der Waals surface area contributed by atoms with E-state index >= 15 is 0 Å². The molecule has 1 aromatic rings. The Balaban J connectivity index is 3.27. The van der Waals surface area contributed by atoms with Gasteiger partial charge in [-0.25, -0.2) is 0 Å². The molecule has 0 spiro atoms. The van der Waals surface area contributed by atoms with E-state index in [0.29, 0.717) is 0 Å². The van der Waals surface area contributed by atoms with Crippen LogP contribution in [-0.4, -0.2) is 20.6 Å². The van der Waals surface area contributed by atoms with Crippen LogP contribution in [-0.2, 0) is 14.3 Å². The molecule has 0 aliphatic heterocycles. The van der Waals surface area contributed by atoms with Gasteiger partial charge in [-0.15, -0.1) is 0 Å². The number of hydrogen-bond donors (Lipinski definition) is 2. The fourth-order valence-corrected chi connectivity index (χ4v) is 1.48. The predicted molar refractivity (Wildman–Crippen MR) is 46.7 cm³/mol. The highest BCUT2D eigenvalue weighted by atomic mass is 32.2. The first-order chi connectivity index (χ1) is 5.97. The van der Waals surface area contributed by atoms with Crippen LogP contribution in [0.2, 0.25) is 0 Å². The summed E-state index contributed by atoms with van der Waals surface area (Å²) >= 11 is 0. The van der Waals surface area contributed by atoms with E-state index in [9.17, 15) is 8.42 Å². The lowest BCUT2D eigenvalue weighted by molar-refractivity contribution is 0.397. The Bertz CT molecular complexity index is 413. The van der Waals surface area contributed by atoms with Gasteiger partial charge >= 0.3 is 0 Å². The number of benzene rings is 1. The van der Waals surface area contributed by atoms with Gasteiger partial charge < -0.3 is 10.8 Å². The van der Waals surface area contributed by atoms with E-state index in [0.717, 1.165) is 13.2 Å². The highest BCUT2D eigenvalue weighted by Crippen LogP contribution is 2.23. The van der Waals surface area contributed by atoms with Gasteiger partial charge in [-0.2, -0.15) is 8.42 Å². The number of phenols is 1. The largest absolute Gasteiger partial charge is 0.506 e. The number of phenolic OH excluding ortho intramolecular Hbond substituents is 1. The average Bonchev–Trinajstić information content (AvgIpc) is 2.09. The molecule has 0 fully saturated rings. The van der Waals surface area contributed by atoms with E-state index in [4.69, 9.17) is 10.8 Å². The van der Waals surface area contributed by atoms with Gasteiger partial charge in [0.1, 0.15) is 5.75 Å². The number of aromatic hydroxyl groups is 1. The van der Waals surface area contributed by atoms with Crippen LogP contribution in [0.3, 0.4) is 0 Å². The highest BCUT2D eigenvalue weighted by Gasteiger charge is 2.13. The molecule has 0 saturated heterocycles. The van der Waals surface area contributed by atoms with Crippen LogP contribution < -0.4 is 5.73 Å². The summed E-state index contributed by atoms with van der Waals surface area (Å²) in [6, 6.07) is 3.54. The summed E-state index contributed by atoms with van der Waals surface area (Å²) in [5.74, 6) is -0.157. The van der Waals surface area contributed by atoms with Crippen molar-refractivity contribution in [1.82, 2.24) is 0 Å². The lowest BCUT2D eigenvalue weighted by atomic mass is 10.3. The first-order valence-corrected chi connectivity index (χ1v) is 4.77. The first-order valence-electron chi connectivity index (χ1n) is 3.36. The minimum absolute atomic E-state index is 0.00174. The SMILES string of the molecule is COS(=O)(=O)c1ccc(O)c(N)c1. The van der Waals surface area contributed by atoms with Crippen molar-refractivity contribution in [3.63, 3.8) is 0 Å². The van der Waals surface area contributed by atoms with Crippen molar-refractivity contribution >= 4 is 15.8 Å².